The predicted molar refractivity (Wildman–Crippen MR) is 103 cm³/mol. The Labute approximate surface area is 179 Å². The van der Waals surface area contributed by atoms with Crippen molar-refractivity contribution in [3.63, 3.8) is 0 Å². The Balaban J connectivity index is -0.000000899. The number of carbonyl (C=O) groups excluding carboxylic acids is 1. The van der Waals surface area contributed by atoms with Crippen LogP contribution in [0.2, 0.25) is 0 Å². The summed E-state index contributed by atoms with van der Waals surface area (Å²) in [4.78, 5) is 11.9. The molecule has 3 atom stereocenters. The number of aliphatic hydroxyl groups is 1. The maximum absolute atomic E-state index is 11.9. The van der Waals surface area contributed by atoms with Crippen LogP contribution in [0.25, 0.3) is 0 Å². The molecule has 1 radical (unpaired) electrons. The number of aliphatic hydroxyl groups excluding tert-OH is 1. The Morgan fingerprint density at radius 1 is 1.20 bits per heavy atom. The number of likely N-dealkylation sites (N-methyl/N-ethyl adjacent to an activating group) is 1. The summed E-state index contributed by atoms with van der Waals surface area (Å²) in [5.41, 5.74) is 6.71. The minimum Gasteiger partial charge on any atom is -0.390 e. The second-order valence-electron chi connectivity index (χ2n) is 4.82. The number of hydrogen-bond acceptors (Lipinski definition) is 4. The zero-order valence-corrected chi connectivity index (χ0v) is 19.3. The van der Waals surface area contributed by atoms with Crippen LogP contribution in [0.5, 0.6) is 0 Å². The van der Waals surface area contributed by atoms with Gasteiger partial charge in [0, 0.05) is 39.3 Å². The summed E-state index contributed by atoms with van der Waals surface area (Å²) in [7, 11) is 1.76. The molecule has 0 heterocycles. The smallest absolute Gasteiger partial charge is 0.234 e. The van der Waals surface area contributed by atoms with Crippen LogP contribution in [0, 0.1) is 6.92 Å². The average molecular weight is 427 g/mol. The summed E-state index contributed by atoms with van der Waals surface area (Å²) in [6.45, 7) is 12.0. The largest absolute Gasteiger partial charge is 0.390 e. The van der Waals surface area contributed by atoms with E-state index < -0.39 is 12.1 Å². The second-order valence-corrected chi connectivity index (χ2v) is 4.82. The topological polar surface area (TPSA) is 87.4 Å². The summed E-state index contributed by atoms with van der Waals surface area (Å²) >= 11 is 0. The Bertz CT molecular complexity index is 405. The molecule has 0 aliphatic rings. The fourth-order valence-corrected chi connectivity index (χ4v) is 1.92. The molecule has 0 saturated heterocycles. The summed E-state index contributed by atoms with van der Waals surface area (Å²) < 4.78 is 0. The van der Waals surface area contributed by atoms with Gasteiger partial charge in [-0.2, -0.15) is 6.42 Å². The minimum absolute atomic E-state index is 0. The fraction of sp³-hybridized carbons (Fsp3) is 0.579. The van der Waals surface area contributed by atoms with Crippen LogP contribution in [0.15, 0.2) is 30.3 Å². The molecule has 5 nitrogen and oxygen atoms in total. The first-order chi connectivity index (χ1) is 11.6. The summed E-state index contributed by atoms with van der Waals surface area (Å²) in [6.07, 6.45) is 0.201. The zero-order valence-electron chi connectivity index (χ0n) is 16.5. The molecule has 143 valence electrons. The number of hydrogen-bond donors (Lipinski definition) is 4. The quantitative estimate of drug-likeness (QED) is 0.478. The van der Waals surface area contributed by atoms with Crippen molar-refractivity contribution in [2.75, 3.05) is 13.6 Å². The van der Waals surface area contributed by atoms with Crippen molar-refractivity contribution in [3.8, 4) is 0 Å². The molecule has 0 fully saturated rings. The molecule has 1 aromatic carbocycles. The van der Waals surface area contributed by atoms with Gasteiger partial charge < -0.3 is 28.4 Å². The van der Waals surface area contributed by atoms with E-state index in [1.807, 2.05) is 58.0 Å². The molecule has 0 aliphatic heterocycles. The first-order valence-corrected chi connectivity index (χ1v) is 8.80. The van der Waals surface area contributed by atoms with Crippen molar-refractivity contribution >= 4 is 5.91 Å². The average Bonchev–Trinajstić information content (AvgIpc) is 2.64. The van der Waals surface area contributed by atoms with Crippen LogP contribution >= 0.6 is 0 Å². The molecule has 0 bridgehead atoms. The number of nitrogens with one attached hydrogen (secondary N) is 2. The second kappa shape index (κ2) is 20.0. The normalized spacial score (nSPS) is 12.8. The van der Waals surface area contributed by atoms with Crippen molar-refractivity contribution in [2.24, 2.45) is 5.73 Å². The summed E-state index contributed by atoms with van der Waals surface area (Å²) in [6, 6.07) is 8.70. The molecule has 0 spiro atoms. The minimum atomic E-state index is -0.679. The molecule has 0 saturated carbocycles. The molecule has 1 aromatic rings. The molecule has 1 amide bonds. The molecule has 0 aliphatic carbocycles. The van der Waals surface area contributed by atoms with E-state index in [2.05, 4.69) is 17.6 Å². The fourth-order valence-electron chi connectivity index (χ4n) is 1.92. The van der Waals surface area contributed by atoms with Crippen LogP contribution in [0.4, 0.5) is 0 Å². The molecule has 25 heavy (non-hydrogen) atoms. The van der Waals surface area contributed by atoms with Gasteiger partial charge in [0.05, 0.1) is 18.2 Å². The van der Waals surface area contributed by atoms with E-state index >= 15 is 0 Å². The number of benzene rings is 1. The Morgan fingerprint density at radius 2 is 1.72 bits per heavy atom. The van der Waals surface area contributed by atoms with Crippen molar-refractivity contribution in [3.05, 3.63) is 42.8 Å². The third-order valence-electron chi connectivity index (χ3n) is 3.15. The van der Waals surface area contributed by atoms with Crippen LogP contribution in [-0.4, -0.2) is 42.8 Å². The van der Waals surface area contributed by atoms with E-state index in [0.717, 1.165) is 5.56 Å². The Hall–Kier alpha value is -0.326. The van der Waals surface area contributed by atoms with Gasteiger partial charge in [0.2, 0.25) is 5.91 Å². The number of nitrogens with two attached hydrogens (primary N) is 1. The molecule has 6 heteroatoms. The molecular weight excluding hydrogens is 391 g/mol. The molecular formula is C19H36N3O2Y-. The third-order valence-corrected chi connectivity index (χ3v) is 3.15. The first kappa shape index (κ1) is 29.4. The van der Waals surface area contributed by atoms with Gasteiger partial charge in [-0.1, -0.05) is 58.0 Å². The maximum atomic E-state index is 11.9. The van der Waals surface area contributed by atoms with Crippen molar-refractivity contribution in [2.45, 2.75) is 58.7 Å². The van der Waals surface area contributed by atoms with Gasteiger partial charge in [-0.15, -0.1) is 0 Å². The van der Waals surface area contributed by atoms with Crippen LogP contribution < -0.4 is 16.4 Å². The Kier molecular flexibility index (Phi) is 23.5. The van der Waals surface area contributed by atoms with Gasteiger partial charge >= 0.3 is 0 Å². The van der Waals surface area contributed by atoms with Gasteiger partial charge in [0.25, 0.3) is 0 Å². The van der Waals surface area contributed by atoms with Gasteiger partial charge in [0.1, 0.15) is 0 Å². The van der Waals surface area contributed by atoms with Gasteiger partial charge in [-0.3, -0.25) is 4.79 Å². The van der Waals surface area contributed by atoms with Crippen LogP contribution in [0.1, 0.15) is 39.7 Å². The van der Waals surface area contributed by atoms with Crippen molar-refractivity contribution < 1.29 is 42.6 Å². The molecule has 1 rings (SSSR count). The standard InChI is InChI=1S/C15H24N3O2.2C2H6.Y/c1-3-12(16)15(20)18-13(14(19)10-17-2)9-11-7-5-4-6-8-11;2*1-2;/h4-8,12-14,17,19H,1,3,9-10,16H2,2H3,(H,18,20);2*1-2H3;/q-1;;;/t12-,13?,14-;;;/m1.../s1. The van der Waals surface area contributed by atoms with Gasteiger partial charge in [0.15, 0.2) is 0 Å². The van der Waals surface area contributed by atoms with Crippen molar-refractivity contribution in [1.29, 1.82) is 0 Å². The van der Waals surface area contributed by atoms with E-state index in [1.54, 1.807) is 7.05 Å². The van der Waals surface area contributed by atoms with Crippen LogP contribution in [-0.2, 0) is 43.9 Å². The third kappa shape index (κ3) is 13.5. The van der Waals surface area contributed by atoms with Crippen molar-refractivity contribution in [1.82, 2.24) is 10.6 Å². The first-order valence-electron chi connectivity index (χ1n) is 8.80. The van der Waals surface area contributed by atoms with Gasteiger partial charge in [-0.05, 0) is 19.0 Å². The number of amides is 1. The Morgan fingerprint density at radius 3 is 2.16 bits per heavy atom. The maximum Gasteiger partial charge on any atom is 0.234 e. The molecule has 5 N–H and O–H groups in total. The zero-order chi connectivity index (χ0) is 19.0. The van der Waals surface area contributed by atoms with Gasteiger partial charge in [-0.25, -0.2) is 0 Å². The molecule has 0 aromatic heterocycles. The van der Waals surface area contributed by atoms with E-state index in [4.69, 9.17) is 5.73 Å². The predicted octanol–water partition coefficient (Wildman–Crippen LogP) is 1.90. The number of rotatable bonds is 8. The summed E-state index contributed by atoms with van der Waals surface area (Å²) in [5.74, 6) is -0.281. The van der Waals surface area contributed by atoms with E-state index in [9.17, 15) is 9.90 Å². The summed E-state index contributed by atoms with van der Waals surface area (Å²) in [5, 5.41) is 15.9. The monoisotopic (exact) mass is 427 g/mol. The van der Waals surface area contributed by atoms with E-state index in [0.29, 0.717) is 19.4 Å². The molecule has 1 unspecified atom stereocenters. The van der Waals surface area contributed by atoms with E-state index in [1.165, 1.54) is 0 Å². The SMILES string of the molecule is CC.CC.[CH2-]C[C@@H](N)C(=O)NC(Cc1ccccc1)[C@H](O)CNC.[Y]. The number of carbonyl (C=O) groups is 1. The van der Waals surface area contributed by atoms with E-state index in [-0.39, 0.29) is 44.7 Å². The van der Waals surface area contributed by atoms with Crippen LogP contribution in [0.3, 0.4) is 0 Å².